The monoisotopic (exact) mass is 375 g/mol. The first kappa shape index (κ1) is 19.1. The Balaban J connectivity index is 1.65. The van der Waals surface area contributed by atoms with E-state index in [0.29, 0.717) is 23.5 Å². The highest BCUT2D eigenvalue weighted by atomic mass is 16.5. The average molecular weight is 375 g/mol. The molecule has 2 aromatic carbocycles. The molecule has 28 heavy (non-hydrogen) atoms. The number of anilines is 1. The number of methoxy groups -OCH3 is 1. The predicted molar refractivity (Wildman–Crippen MR) is 108 cm³/mol. The molecule has 3 aromatic rings. The molecule has 0 atom stereocenters. The lowest BCUT2D eigenvalue weighted by atomic mass is 10.1. The maximum absolute atomic E-state index is 12.5. The van der Waals surface area contributed by atoms with Gasteiger partial charge in [-0.15, -0.1) is 0 Å². The van der Waals surface area contributed by atoms with Crippen LogP contribution < -0.4 is 15.4 Å². The molecule has 1 aromatic heterocycles. The van der Waals surface area contributed by atoms with Crippen molar-refractivity contribution in [3.05, 3.63) is 89.2 Å². The molecule has 0 saturated heterocycles. The molecule has 0 unspecified atom stereocenters. The summed E-state index contributed by atoms with van der Waals surface area (Å²) in [4.78, 5) is 28.9. The van der Waals surface area contributed by atoms with Crippen molar-refractivity contribution in [2.75, 3.05) is 12.4 Å². The Morgan fingerprint density at radius 2 is 1.79 bits per heavy atom. The molecule has 2 amide bonds. The van der Waals surface area contributed by atoms with Crippen LogP contribution in [0.4, 0.5) is 5.69 Å². The van der Waals surface area contributed by atoms with Crippen LogP contribution in [0.5, 0.6) is 5.75 Å². The van der Waals surface area contributed by atoms with Gasteiger partial charge in [-0.1, -0.05) is 35.9 Å². The fourth-order valence-corrected chi connectivity index (χ4v) is 2.58. The number of aromatic nitrogens is 1. The minimum absolute atomic E-state index is 0.186. The minimum atomic E-state index is -0.336. The third-order valence-electron chi connectivity index (χ3n) is 4.16. The molecule has 6 nitrogen and oxygen atoms in total. The van der Waals surface area contributed by atoms with Crippen molar-refractivity contribution >= 4 is 17.5 Å². The number of hydrogen-bond donors (Lipinski definition) is 2. The van der Waals surface area contributed by atoms with Crippen LogP contribution in [-0.2, 0) is 6.54 Å². The van der Waals surface area contributed by atoms with Gasteiger partial charge in [-0.2, -0.15) is 0 Å². The smallest absolute Gasteiger partial charge is 0.270 e. The van der Waals surface area contributed by atoms with E-state index in [-0.39, 0.29) is 17.5 Å². The third kappa shape index (κ3) is 4.94. The van der Waals surface area contributed by atoms with E-state index in [9.17, 15) is 9.59 Å². The van der Waals surface area contributed by atoms with Crippen molar-refractivity contribution in [2.45, 2.75) is 13.5 Å². The average Bonchev–Trinajstić information content (AvgIpc) is 2.73. The van der Waals surface area contributed by atoms with Crippen LogP contribution in [0, 0.1) is 6.92 Å². The van der Waals surface area contributed by atoms with E-state index in [4.69, 9.17) is 4.74 Å². The molecule has 0 spiro atoms. The molecule has 0 aliphatic rings. The maximum atomic E-state index is 12.5. The molecular formula is C22H21N3O3. The van der Waals surface area contributed by atoms with Crippen LogP contribution in [0.1, 0.15) is 32.0 Å². The maximum Gasteiger partial charge on any atom is 0.270 e. The second kappa shape index (κ2) is 8.81. The summed E-state index contributed by atoms with van der Waals surface area (Å²) in [5.41, 5.74) is 3.28. The van der Waals surface area contributed by atoms with Crippen LogP contribution in [-0.4, -0.2) is 23.9 Å². The fourth-order valence-electron chi connectivity index (χ4n) is 2.58. The van der Waals surface area contributed by atoms with E-state index in [0.717, 1.165) is 11.1 Å². The fraction of sp³-hybridized carbons (Fsp3) is 0.136. The van der Waals surface area contributed by atoms with E-state index in [1.54, 1.807) is 37.4 Å². The molecule has 2 N–H and O–H groups in total. The number of rotatable bonds is 6. The summed E-state index contributed by atoms with van der Waals surface area (Å²) in [5, 5.41) is 5.60. The first-order chi connectivity index (χ1) is 13.5. The standard InChI is InChI=1S/C22H21N3O3/c1-15-6-8-16(9-7-15)14-24-22(27)20-12-17(10-11-23-20)21(26)25-18-4-3-5-19(13-18)28-2/h3-13H,14H2,1-2H3,(H,24,27)(H,25,26). The second-order valence-electron chi connectivity index (χ2n) is 6.28. The minimum Gasteiger partial charge on any atom is -0.497 e. The summed E-state index contributed by atoms with van der Waals surface area (Å²) >= 11 is 0. The van der Waals surface area contributed by atoms with Gasteiger partial charge >= 0.3 is 0 Å². The zero-order chi connectivity index (χ0) is 19.9. The summed E-state index contributed by atoms with van der Waals surface area (Å²) in [6.07, 6.45) is 1.45. The lowest BCUT2D eigenvalue weighted by Crippen LogP contribution is -2.24. The number of nitrogens with zero attached hydrogens (tertiary/aromatic N) is 1. The number of nitrogens with one attached hydrogen (secondary N) is 2. The summed E-state index contributed by atoms with van der Waals surface area (Å²) in [6, 6.07) is 18.0. The van der Waals surface area contributed by atoms with Crippen molar-refractivity contribution in [3.63, 3.8) is 0 Å². The van der Waals surface area contributed by atoms with E-state index < -0.39 is 0 Å². The van der Waals surface area contributed by atoms with Gasteiger partial charge in [0.1, 0.15) is 11.4 Å². The number of benzene rings is 2. The van der Waals surface area contributed by atoms with Gasteiger partial charge in [0, 0.05) is 30.1 Å². The molecule has 0 aliphatic heterocycles. The van der Waals surface area contributed by atoms with Crippen LogP contribution in [0.2, 0.25) is 0 Å². The summed E-state index contributed by atoms with van der Waals surface area (Å²) in [5.74, 6) is -0.0245. The molecule has 0 fully saturated rings. The summed E-state index contributed by atoms with van der Waals surface area (Å²) in [6.45, 7) is 2.40. The Morgan fingerprint density at radius 3 is 2.54 bits per heavy atom. The van der Waals surface area contributed by atoms with E-state index >= 15 is 0 Å². The molecule has 6 heteroatoms. The van der Waals surface area contributed by atoms with Gasteiger partial charge in [0.25, 0.3) is 11.8 Å². The van der Waals surface area contributed by atoms with Crippen molar-refractivity contribution < 1.29 is 14.3 Å². The van der Waals surface area contributed by atoms with Gasteiger partial charge in [-0.25, -0.2) is 0 Å². The molecule has 0 saturated carbocycles. The van der Waals surface area contributed by atoms with Crippen LogP contribution in [0.15, 0.2) is 66.9 Å². The van der Waals surface area contributed by atoms with Gasteiger partial charge in [0.15, 0.2) is 0 Å². The Hall–Kier alpha value is -3.67. The lowest BCUT2D eigenvalue weighted by Gasteiger charge is -2.09. The number of carbonyl (C=O) groups is 2. The van der Waals surface area contributed by atoms with Crippen molar-refractivity contribution in [1.82, 2.24) is 10.3 Å². The van der Waals surface area contributed by atoms with E-state index in [1.807, 2.05) is 31.2 Å². The highest BCUT2D eigenvalue weighted by Crippen LogP contribution is 2.17. The first-order valence-corrected chi connectivity index (χ1v) is 8.80. The van der Waals surface area contributed by atoms with E-state index in [2.05, 4.69) is 15.6 Å². The van der Waals surface area contributed by atoms with Gasteiger partial charge < -0.3 is 15.4 Å². The Kier molecular flexibility index (Phi) is 6.01. The lowest BCUT2D eigenvalue weighted by molar-refractivity contribution is 0.0946. The molecular weight excluding hydrogens is 354 g/mol. The van der Waals surface area contributed by atoms with Gasteiger partial charge in [0.05, 0.1) is 7.11 Å². The highest BCUT2D eigenvalue weighted by molar-refractivity contribution is 6.05. The Labute approximate surface area is 163 Å². The number of hydrogen-bond acceptors (Lipinski definition) is 4. The predicted octanol–water partition coefficient (Wildman–Crippen LogP) is 3.58. The zero-order valence-corrected chi connectivity index (χ0v) is 15.7. The highest BCUT2D eigenvalue weighted by Gasteiger charge is 2.12. The largest absolute Gasteiger partial charge is 0.497 e. The van der Waals surface area contributed by atoms with Gasteiger partial charge in [0.2, 0.25) is 0 Å². The topological polar surface area (TPSA) is 80.3 Å². The summed E-state index contributed by atoms with van der Waals surface area (Å²) in [7, 11) is 1.56. The van der Waals surface area contributed by atoms with Crippen molar-refractivity contribution in [1.29, 1.82) is 0 Å². The summed E-state index contributed by atoms with van der Waals surface area (Å²) < 4.78 is 5.15. The number of amides is 2. The van der Waals surface area contributed by atoms with Crippen LogP contribution in [0.25, 0.3) is 0 Å². The Morgan fingerprint density at radius 1 is 1.00 bits per heavy atom. The van der Waals surface area contributed by atoms with Gasteiger partial charge in [-0.05, 0) is 36.8 Å². The van der Waals surface area contributed by atoms with Gasteiger partial charge in [-0.3, -0.25) is 14.6 Å². The molecule has 0 radical (unpaired) electrons. The van der Waals surface area contributed by atoms with Crippen molar-refractivity contribution in [2.24, 2.45) is 0 Å². The molecule has 0 bridgehead atoms. The SMILES string of the molecule is COc1cccc(NC(=O)c2ccnc(C(=O)NCc3ccc(C)cc3)c2)c1. The molecule has 0 aliphatic carbocycles. The molecule has 3 rings (SSSR count). The number of aryl methyl sites for hydroxylation is 1. The zero-order valence-electron chi connectivity index (χ0n) is 15.7. The normalized spacial score (nSPS) is 10.2. The second-order valence-corrected chi connectivity index (χ2v) is 6.28. The van der Waals surface area contributed by atoms with Crippen LogP contribution in [0.3, 0.4) is 0 Å². The Bertz CT molecular complexity index is 984. The quantitative estimate of drug-likeness (QED) is 0.690. The molecule has 1 heterocycles. The number of ether oxygens (including phenoxy) is 1. The molecule has 142 valence electrons. The van der Waals surface area contributed by atoms with Crippen molar-refractivity contribution in [3.8, 4) is 5.75 Å². The van der Waals surface area contributed by atoms with E-state index in [1.165, 1.54) is 12.3 Å². The number of carbonyl (C=O) groups excluding carboxylic acids is 2. The third-order valence-corrected chi connectivity index (χ3v) is 4.16. The number of pyridine rings is 1. The van der Waals surface area contributed by atoms with Crippen LogP contribution >= 0.6 is 0 Å². The first-order valence-electron chi connectivity index (χ1n) is 8.80.